The van der Waals surface area contributed by atoms with Gasteiger partial charge in [0.15, 0.2) is 0 Å². The summed E-state index contributed by atoms with van der Waals surface area (Å²) in [6.07, 6.45) is 3.26. The van der Waals surface area contributed by atoms with E-state index in [4.69, 9.17) is 0 Å². The Bertz CT molecular complexity index is 741. The normalized spacial score (nSPS) is 22.4. The molecule has 2 saturated heterocycles. The highest BCUT2D eigenvalue weighted by Crippen LogP contribution is 2.33. The second kappa shape index (κ2) is 6.04. The third-order valence-corrected chi connectivity index (χ3v) is 4.71. The van der Waals surface area contributed by atoms with Gasteiger partial charge in [0.2, 0.25) is 5.82 Å². The van der Waals surface area contributed by atoms with Crippen molar-refractivity contribution >= 4 is 23.0 Å². The molecular weight excluding hydrogens is 308 g/mol. The fraction of sp³-hybridized carbons (Fsp3) is 0.375. The third-order valence-electron chi connectivity index (χ3n) is 4.71. The van der Waals surface area contributed by atoms with Crippen molar-refractivity contribution in [2.24, 2.45) is 11.8 Å². The summed E-state index contributed by atoms with van der Waals surface area (Å²) in [4.78, 5) is 21.6. The van der Waals surface area contributed by atoms with Gasteiger partial charge in [-0.1, -0.05) is 0 Å². The average molecular weight is 326 g/mol. The molecule has 0 spiro atoms. The van der Waals surface area contributed by atoms with E-state index in [1.165, 1.54) is 6.07 Å². The zero-order valence-electron chi connectivity index (χ0n) is 13.1. The second-order valence-electron chi connectivity index (χ2n) is 6.24. The van der Waals surface area contributed by atoms with Crippen LogP contribution in [0, 0.1) is 22.0 Å². The van der Waals surface area contributed by atoms with Gasteiger partial charge in [0.05, 0.1) is 4.92 Å². The van der Waals surface area contributed by atoms with Gasteiger partial charge in [-0.05, 0) is 30.0 Å². The van der Waals surface area contributed by atoms with E-state index < -0.39 is 4.92 Å². The molecule has 0 bridgehead atoms. The Kier molecular flexibility index (Phi) is 3.73. The Labute approximate surface area is 139 Å². The second-order valence-corrected chi connectivity index (χ2v) is 6.24. The van der Waals surface area contributed by atoms with Crippen LogP contribution >= 0.6 is 0 Å². The topological polar surface area (TPSA) is 96.2 Å². The number of nitrogens with one attached hydrogen (secondary N) is 2. The van der Waals surface area contributed by atoms with Crippen LogP contribution in [0.4, 0.5) is 23.0 Å². The highest BCUT2D eigenvalue weighted by molar-refractivity contribution is 5.67. The summed E-state index contributed by atoms with van der Waals surface area (Å²) in [7, 11) is 0. The van der Waals surface area contributed by atoms with E-state index in [-0.39, 0.29) is 11.5 Å². The lowest BCUT2D eigenvalue weighted by atomic mass is 10.0. The minimum absolute atomic E-state index is 0.0309. The quantitative estimate of drug-likeness (QED) is 0.653. The summed E-state index contributed by atoms with van der Waals surface area (Å²) in [5, 5.41) is 17.7. The molecule has 8 nitrogen and oxygen atoms in total. The molecule has 2 aromatic rings. The maximum atomic E-state index is 11.3. The first-order valence-corrected chi connectivity index (χ1v) is 7.99. The summed E-state index contributed by atoms with van der Waals surface area (Å²) in [5.74, 6) is 2.32. The summed E-state index contributed by atoms with van der Waals surface area (Å²) < 4.78 is 0. The smallest absolute Gasteiger partial charge is 0.311 e. The third kappa shape index (κ3) is 2.76. The number of rotatable bonds is 4. The highest BCUT2D eigenvalue weighted by atomic mass is 16.6. The average Bonchev–Trinajstić information content (AvgIpc) is 3.17. The molecule has 24 heavy (non-hydrogen) atoms. The maximum Gasteiger partial charge on any atom is 0.311 e. The molecule has 2 aliphatic heterocycles. The lowest BCUT2D eigenvalue weighted by Crippen LogP contribution is -2.26. The van der Waals surface area contributed by atoms with Crippen molar-refractivity contribution in [3.05, 3.63) is 46.8 Å². The van der Waals surface area contributed by atoms with Crippen LogP contribution in [0.5, 0.6) is 0 Å². The molecule has 0 aromatic carbocycles. The van der Waals surface area contributed by atoms with Gasteiger partial charge < -0.3 is 15.5 Å². The van der Waals surface area contributed by atoms with Crippen LogP contribution < -0.4 is 15.5 Å². The van der Waals surface area contributed by atoms with E-state index in [9.17, 15) is 10.1 Å². The van der Waals surface area contributed by atoms with Crippen molar-refractivity contribution in [2.75, 3.05) is 36.4 Å². The fourth-order valence-electron chi connectivity index (χ4n) is 3.47. The fourth-order valence-corrected chi connectivity index (χ4v) is 3.47. The minimum Gasteiger partial charge on any atom is -0.356 e. The van der Waals surface area contributed by atoms with Crippen LogP contribution in [-0.4, -0.2) is 41.1 Å². The Balaban J connectivity index is 1.62. The predicted octanol–water partition coefficient (Wildman–Crippen LogP) is 1.78. The van der Waals surface area contributed by atoms with E-state index in [1.54, 1.807) is 30.6 Å². The first kappa shape index (κ1) is 14.8. The SMILES string of the molecule is O=[N+]([O-])c1ccc(N2CC3CNCC3C2)nc1Nc1ccncc1. The summed E-state index contributed by atoms with van der Waals surface area (Å²) in [5.41, 5.74) is 0.692. The molecule has 2 N–H and O–H groups in total. The van der Waals surface area contributed by atoms with Crippen LogP contribution in [0.3, 0.4) is 0 Å². The number of hydrogen-bond acceptors (Lipinski definition) is 7. The molecule has 8 heteroatoms. The molecule has 2 aromatic heterocycles. The molecule has 2 fully saturated rings. The van der Waals surface area contributed by atoms with Crippen molar-refractivity contribution in [3.8, 4) is 0 Å². The zero-order chi connectivity index (χ0) is 16.5. The van der Waals surface area contributed by atoms with Crippen LogP contribution in [0.25, 0.3) is 0 Å². The standard InChI is InChI=1S/C16H18N6O2/c23-22(24)14-1-2-15(21-9-11-7-18-8-12(11)10-21)20-16(14)19-13-3-5-17-6-4-13/h1-6,11-12,18H,7-10H2,(H,17,19,20). The first-order chi connectivity index (χ1) is 11.7. The Morgan fingerprint density at radius 2 is 1.88 bits per heavy atom. The minimum atomic E-state index is -0.414. The number of fused-ring (bicyclic) bond motifs is 1. The lowest BCUT2D eigenvalue weighted by molar-refractivity contribution is -0.384. The van der Waals surface area contributed by atoms with Gasteiger partial charge in [0.25, 0.3) is 0 Å². The Hall–Kier alpha value is -2.74. The molecule has 0 amide bonds. The van der Waals surface area contributed by atoms with Gasteiger partial charge in [-0.2, -0.15) is 0 Å². The highest BCUT2D eigenvalue weighted by Gasteiger charge is 2.36. The van der Waals surface area contributed by atoms with Crippen LogP contribution in [-0.2, 0) is 0 Å². The van der Waals surface area contributed by atoms with Gasteiger partial charge in [-0.15, -0.1) is 0 Å². The molecular formula is C16H18N6O2. The van der Waals surface area contributed by atoms with Crippen molar-refractivity contribution in [2.45, 2.75) is 0 Å². The molecule has 2 unspecified atom stereocenters. The van der Waals surface area contributed by atoms with Gasteiger partial charge in [0, 0.05) is 50.3 Å². The van der Waals surface area contributed by atoms with Crippen molar-refractivity contribution < 1.29 is 4.92 Å². The van der Waals surface area contributed by atoms with Gasteiger partial charge in [0.1, 0.15) is 5.82 Å². The Morgan fingerprint density at radius 3 is 2.54 bits per heavy atom. The number of anilines is 3. The molecule has 0 aliphatic carbocycles. The van der Waals surface area contributed by atoms with Crippen LogP contribution in [0.2, 0.25) is 0 Å². The molecule has 124 valence electrons. The van der Waals surface area contributed by atoms with Gasteiger partial charge in [-0.25, -0.2) is 4.98 Å². The van der Waals surface area contributed by atoms with Crippen molar-refractivity contribution in [1.82, 2.24) is 15.3 Å². The predicted molar refractivity (Wildman–Crippen MR) is 90.5 cm³/mol. The zero-order valence-corrected chi connectivity index (χ0v) is 13.1. The molecule has 4 heterocycles. The van der Waals surface area contributed by atoms with Gasteiger partial charge >= 0.3 is 5.69 Å². The van der Waals surface area contributed by atoms with Crippen LogP contribution in [0.1, 0.15) is 0 Å². The number of hydrogen-bond donors (Lipinski definition) is 2. The summed E-state index contributed by atoms with van der Waals surface area (Å²) in [6.45, 7) is 3.96. The van der Waals surface area contributed by atoms with Crippen LogP contribution in [0.15, 0.2) is 36.7 Å². The molecule has 4 rings (SSSR count). The number of aromatic nitrogens is 2. The van der Waals surface area contributed by atoms with E-state index >= 15 is 0 Å². The summed E-state index contributed by atoms with van der Waals surface area (Å²) >= 11 is 0. The molecule has 0 saturated carbocycles. The maximum absolute atomic E-state index is 11.3. The van der Waals surface area contributed by atoms with E-state index in [0.29, 0.717) is 11.8 Å². The Morgan fingerprint density at radius 1 is 1.17 bits per heavy atom. The van der Waals surface area contributed by atoms with Crippen molar-refractivity contribution in [3.63, 3.8) is 0 Å². The monoisotopic (exact) mass is 326 g/mol. The largest absolute Gasteiger partial charge is 0.356 e. The lowest BCUT2D eigenvalue weighted by Gasteiger charge is -2.19. The van der Waals surface area contributed by atoms with Crippen molar-refractivity contribution in [1.29, 1.82) is 0 Å². The molecule has 0 radical (unpaired) electrons. The molecule has 2 aliphatic rings. The van der Waals surface area contributed by atoms with E-state index in [2.05, 4.69) is 25.5 Å². The first-order valence-electron chi connectivity index (χ1n) is 7.99. The number of pyridine rings is 2. The summed E-state index contributed by atoms with van der Waals surface area (Å²) in [6, 6.07) is 6.77. The van der Waals surface area contributed by atoms with Gasteiger partial charge in [-0.3, -0.25) is 15.1 Å². The molecule has 2 atom stereocenters. The van der Waals surface area contributed by atoms with E-state index in [1.807, 2.05) is 0 Å². The van der Waals surface area contributed by atoms with E-state index in [0.717, 1.165) is 37.7 Å². The number of nitrogens with zero attached hydrogens (tertiary/aromatic N) is 4. The number of nitro groups is 1.